The molecule has 0 saturated carbocycles. The Bertz CT molecular complexity index is 727. The van der Waals surface area contributed by atoms with Crippen LogP contribution in [0.5, 0.6) is 0 Å². The summed E-state index contributed by atoms with van der Waals surface area (Å²) in [5, 5.41) is 11.4. The number of carbonyl (C=O) groups excluding carboxylic acids is 1. The Labute approximate surface area is 145 Å². The van der Waals surface area contributed by atoms with E-state index in [1.54, 1.807) is 24.3 Å². The number of rotatable bonds is 5. The predicted octanol–water partition coefficient (Wildman–Crippen LogP) is 3.79. The zero-order valence-electron chi connectivity index (χ0n) is 12.9. The van der Waals surface area contributed by atoms with Crippen molar-refractivity contribution in [3.63, 3.8) is 0 Å². The van der Waals surface area contributed by atoms with Gasteiger partial charge in [0.05, 0.1) is 19.3 Å². The van der Waals surface area contributed by atoms with Gasteiger partial charge in [-0.15, -0.1) is 0 Å². The molecule has 3 rings (SSSR count). The van der Waals surface area contributed by atoms with E-state index >= 15 is 0 Å². The van der Waals surface area contributed by atoms with Crippen molar-refractivity contribution in [3.05, 3.63) is 83.1 Å². The van der Waals surface area contributed by atoms with Crippen molar-refractivity contribution in [3.8, 4) is 0 Å². The molecule has 5 heteroatoms. The number of ether oxygens (including phenoxy) is 2. The molecule has 1 N–H and O–H groups in total. The van der Waals surface area contributed by atoms with Crippen LogP contribution in [0.3, 0.4) is 0 Å². The Hall–Kier alpha value is -2.14. The predicted molar refractivity (Wildman–Crippen MR) is 90.2 cm³/mol. The lowest BCUT2D eigenvalue weighted by atomic mass is 9.95. The molecule has 2 unspecified atom stereocenters. The SMILES string of the molecule is O=C1C=COC(OCc2ccccc2)(C(O)c2ccc(Cl)cc2)C1. The molecule has 4 nitrogen and oxygen atoms in total. The molecular weight excluding hydrogens is 328 g/mol. The summed E-state index contributed by atoms with van der Waals surface area (Å²) in [4.78, 5) is 11.9. The number of aliphatic hydroxyl groups excluding tert-OH is 1. The number of hydrogen-bond acceptors (Lipinski definition) is 4. The second-order valence-corrected chi connectivity index (χ2v) is 6.04. The molecule has 0 saturated heterocycles. The molecule has 0 amide bonds. The summed E-state index contributed by atoms with van der Waals surface area (Å²) >= 11 is 5.89. The summed E-state index contributed by atoms with van der Waals surface area (Å²) in [6.45, 7) is 0.215. The van der Waals surface area contributed by atoms with Crippen LogP contribution in [-0.2, 0) is 20.9 Å². The Morgan fingerprint density at radius 3 is 2.54 bits per heavy atom. The quantitative estimate of drug-likeness (QED) is 0.896. The maximum Gasteiger partial charge on any atom is 0.247 e. The van der Waals surface area contributed by atoms with Gasteiger partial charge >= 0.3 is 0 Å². The first-order chi connectivity index (χ1) is 11.6. The molecule has 2 atom stereocenters. The van der Waals surface area contributed by atoms with Gasteiger partial charge in [-0.25, -0.2) is 0 Å². The van der Waals surface area contributed by atoms with Crippen LogP contribution in [-0.4, -0.2) is 16.7 Å². The third kappa shape index (κ3) is 3.67. The van der Waals surface area contributed by atoms with E-state index in [2.05, 4.69) is 0 Å². The summed E-state index contributed by atoms with van der Waals surface area (Å²) in [6.07, 6.45) is 1.40. The van der Waals surface area contributed by atoms with E-state index in [4.69, 9.17) is 21.1 Å². The van der Waals surface area contributed by atoms with E-state index in [0.29, 0.717) is 10.6 Å². The average Bonchev–Trinajstić information content (AvgIpc) is 2.61. The van der Waals surface area contributed by atoms with E-state index in [0.717, 1.165) is 5.56 Å². The van der Waals surface area contributed by atoms with Gasteiger partial charge in [-0.2, -0.15) is 0 Å². The molecule has 2 aromatic rings. The number of ketones is 1. The Balaban J connectivity index is 1.86. The first kappa shape index (κ1) is 16.7. The first-order valence-electron chi connectivity index (χ1n) is 7.58. The second kappa shape index (κ2) is 7.18. The minimum atomic E-state index is -1.46. The van der Waals surface area contributed by atoms with Gasteiger partial charge in [-0.1, -0.05) is 54.1 Å². The van der Waals surface area contributed by atoms with Gasteiger partial charge in [-0.3, -0.25) is 4.79 Å². The van der Waals surface area contributed by atoms with E-state index in [1.165, 1.54) is 12.3 Å². The van der Waals surface area contributed by atoms with Gasteiger partial charge < -0.3 is 14.6 Å². The highest BCUT2D eigenvalue weighted by atomic mass is 35.5. The van der Waals surface area contributed by atoms with Crippen LogP contribution >= 0.6 is 11.6 Å². The topological polar surface area (TPSA) is 55.8 Å². The lowest BCUT2D eigenvalue weighted by Gasteiger charge is -2.38. The summed E-state index contributed by atoms with van der Waals surface area (Å²) in [5.74, 6) is -1.63. The van der Waals surface area contributed by atoms with Crippen LogP contribution in [0, 0.1) is 0 Å². The molecule has 0 aliphatic carbocycles. The van der Waals surface area contributed by atoms with Crippen LogP contribution < -0.4 is 0 Å². The van der Waals surface area contributed by atoms with Crippen molar-refractivity contribution < 1.29 is 19.4 Å². The smallest absolute Gasteiger partial charge is 0.247 e. The van der Waals surface area contributed by atoms with Crippen LogP contribution in [0.4, 0.5) is 0 Å². The van der Waals surface area contributed by atoms with Gasteiger partial charge in [0, 0.05) is 11.1 Å². The highest BCUT2D eigenvalue weighted by Crippen LogP contribution is 2.37. The van der Waals surface area contributed by atoms with Crippen LogP contribution in [0.15, 0.2) is 66.9 Å². The molecule has 0 aromatic heterocycles. The van der Waals surface area contributed by atoms with E-state index in [9.17, 15) is 9.90 Å². The summed E-state index contributed by atoms with van der Waals surface area (Å²) in [7, 11) is 0. The normalized spacial score (nSPS) is 21.3. The fourth-order valence-electron chi connectivity index (χ4n) is 2.57. The molecular formula is C19H17ClO4. The zero-order valence-corrected chi connectivity index (χ0v) is 13.6. The number of halogens is 1. The van der Waals surface area contributed by atoms with Gasteiger partial charge in [0.2, 0.25) is 5.79 Å². The molecule has 0 bridgehead atoms. The van der Waals surface area contributed by atoms with Crippen molar-refractivity contribution in [2.45, 2.75) is 24.9 Å². The molecule has 0 radical (unpaired) electrons. The number of carbonyl (C=O) groups is 1. The number of aliphatic hydroxyl groups is 1. The summed E-state index contributed by atoms with van der Waals surface area (Å²) in [6, 6.07) is 16.2. The minimum Gasteiger partial charge on any atom is -0.466 e. The maximum atomic E-state index is 11.9. The number of hydrogen-bond donors (Lipinski definition) is 1. The van der Waals surface area contributed by atoms with Gasteiger partial charge in [0.25, 0.3) is 0 Å². The molecule has 1 heterocycles. The zero-order chi connectivity index (χ0) is 17.0. The lowest BCUT2D eigenvalue weighted by molar-refractivity contribution is -0.270. The van der Waals surface area contributed by atoms with Gasteiger partial charge in [0.15, 0.2) is 5.78 Å². The summed E-state index contributed by atoms with van der Waals surface area (Å²) < 4.78 is 11.5. The largest absolute Gasteiger partial charge is 0.466 e. The van der Waals surface area contributed by atoms with E-state index in [-0.39, 0.29) is 18.8 Å². The maximum absolute atomic E-state index is 11.9. The number of allylic oxidation sites excluding steroid dienone is 1. The Kier molecular flexibility index (Phi) is 5.00. The molecule has 2 aromatic carbocycles. The minimum absolute atomic E-state index is 0.0693. The third-order valence-corrected chi connectivity index (χ3v) is 4.12. The molecule has 1 aliphatic rings. The average molecular weight is 345 g/mol. The van der Waals surface area contributed by atoms with Crippen molar-refractivity contribution in [2.24, 2.45) is 0 Å². The van der Waals surface area contributed by atoms with Crippen LogP contribution in [0.2, 0.25) is 5.02 Å². The van der Waals surface area contributed by atoms with Crippen molar-refractivity contribution >= 4 is 17.4 Å². The summed E-state index contributed by atoms with van der Waals surface area (Å²) in [5.41, 5.74) is 1.49. The van der Waals surface area contributed by atoms with Crippen molar-refractivity contribution in [1.82, 2.24) is 0 Å². The standard InChI is InChI=1S/C19H17ClO4/c20-16-8-6-15(7-9-16)18(22)19(12-17(21)10-11-23-19)24-13-14-4-2-1-3-5-14/h1-11,18,22H,12-13H2. The van der Waals surface area contributed by atoms with Gasteiger partial charge in [-0.05, 0) is 23.3 Å². The fourth-order valence-corrected chi connectivity index (χ4v) is 2.70. The Morgan fingerprint density at radius 2 is 1.88 bits per heavy atom. The highest BCUT2D eigenvalue weighted by Gasteiger charge is 2.45. The molecule has 0 fully saturated rings. The molecule has 1 aliphatic heterocycles. The first-order valence-corrected chi connectivity index (χ1v) is 7.95. The third-order valence-electron chi connectivity index (χ3n) is 3.87. The van der Waals surface area contributed by atoms with Crippen molar-refractivity contribution in [1.29, 1.82) is 0 Å². The van der Waals surface area contributed by atoms with E-state index < -0.39 is 11.9 Å². The molecule has 124 valence electrons. The van der Waals surface area contributed by atoms with Gasteiger partial charge in [0.1, 0.15) is 6.10 Å². The molecule has 24 heavy (non-hydrogen) atoms. The van der Waals surface area contributed by atoms with Crippen molar-refractivity contribution in [2.75, 3.05) is 0 Å². The fraction of sp³-hybridized carbons (Fsp3) is 0.211. The lowest BCUT2D eigenvalue weighted by Crippen LogP contribution is -2.44. The second-order valence-electron chi connectivity index (χ2n) is 5.60. The van der Waals surface area contributed by atoms with Crippen LogP contribution in [0.25, 0.3) is 0 Å². The highest BCUT2D eigenvalue weighted by molar-refractivity contribution is 6.30. The monoisotopic (exact) mass is 344 g/mol. The Morgan fingerprint density at radius 1 is 1.17 bits per heavy atom. The molecule has 0 spiro atoms. The number of benzene rings is 2. The van der Waals surface area contributed by atoms with E-state index in [1.807, 2.05) is 30.3 Å². The van der Waals surface area contributed by atoms with Crippen LogP contribution in [0.1, 0.15) is 23.7 Å².